The number of hydrogen-bond donors (Lipinski definition) is 3. The van der Waals surface area contributed by atoms with Gasteiger partial charge >= 0.3 is 5.97 Å². The average molecular weight is 400 g/mol. The van der Waals surface area contributed by atoms with Gasteiger partial charge in [-0.25, -0.2) is 4.79 Å². The zero-order valence-electron chi connectivity index (χ0n) is 16.3. The Balaban J connectivity index is 1.74. The second kappa shape index (κ2) is 7.54. The van der Waals surface area contributed by atoms with Crippen LogP contribution in [-0.4, -0.2) is 48.7 Å². The maximum absolute atomic E-state index is 12.6. The van der Waals surface area contributed by atoms with Gasteiger partial charge in [0, 0.05) is 33.5 Å². The first-order chi connectivity index (χ1) is 13.7. The van der Waals surface area contributed by atoms with Crippen molar-refractivity contribution in [2.45, 2.75) is 0 Å². The minimum absolute atomic E-state index is 0.0250. The number of nitrogens with one attached hydrogen (secondary N) is 2. The molecule has 0 saturated heterocycles. The largest absolute Gasteiger partial charge is 0.492 e. The maximum atomic E-state index is 12.6. The van der Waals surface area contributed by atoms with Gasteiger partial charge in [0.1, 0.15) is 11.4 Å². The topological polar surface area (TPSA) is 132 Å². The summed E-state index contributed by atoms with van der Waals surface area (Å²) in [4.78, 5) is 40.3. The van der Waals surface area contributed by atoms with E-state index < -0.39 is 17.8 Å². The Morgan fingerprint density at radius 1 is 0.897 bits per heavy atom. The number of amides is 2. The Labute approximate surface area is 165 Å². The Bertz CT molecular complexity index is 1110. The van der Waals surface area contributed by atoms with Crippen molar-refractivity contribution in [3.8, 4) is 5.88 Å². The van der Waals surface area contributed by atoms with Crippen molar-refractivity contribution >= 4 is 29.2 Å². The second-order valence-corrected chi connectivity index (χ2v) is 6.38. The Kier molecular flexibility index (Phi) is 5.13. The quantitative estimate of drug-likeness (QED) is 0.549. The first-order valence-electron chi connectivity index (χ1n) is 8.45. The molecule has 29 heavy (non-hydrogen) atoms. The minimum atomic E-state index is -0.531. The maximum Gasteiger partial charge on any atom is 0.354 e. The van der Waals surface area contributed by atoms with Crippen molar-refractivity contribution in [1.29, 1.82) is 0 Å². The molecule has 0 atom stereocenters. The fraction of sp³-hybridized carbons (Fsp3) is 0.222. The number of hydrogen-bond acceptors (Lipinski definition) is 6. The van der Waals surface area contributed by atoms with Gasteiger partial charge in [-0.1, -0.05) is 0 Å². The standard InChI is InChI=1S/C18H20N6O5/c1-22-7-10(20-17(27)15-21-14(25)9-24(15)3)5-12(22)16(26)19-11-6-13(18(28)29-4)23(2)8-11/h5-9,25H,1-4H3,(H,19,26)(H,20,27). The van der Waals surface area contributed by atoms with Crippen LogP contribution in [0.4, 0.5) is 11.4 Å². The number of aromatic nitrogens is 4. The third-order valence-electron chi connectivity index (χ3n) is 4.22. The number of rotatable bonds is 5. The predicted octanol–water partition coefficient (Wildman–Crippen LogP) is 1.09. The van der Waals surface area contributed by atoms with E-state index in [1.165, 1.54) is 30.0 Å². The van der Waals surface area contributed by atoms with Gasteiger partial charge in [0.2, 0.25) is 11.7 Å². The number of aryl methyl sites for hydroxylation is 3. The van der Waals surface area contributed by atoms with Crippen LogP contribution in [0.3, 0.4) is 0 Å². The predicted molar refractivity (Wildman–Crippen MR) is 103 cm³/mol. The number of aromatic hydroxyl groups is 1. The van der Waals surface area contributed by atoms with Crippen LogP contribution in [0.1, 0.15) is 31.6 Å². The molecule has 0 spiro atoms. The number of nitrogens with zero attached hydrogens (tertiary/aromatic N) is 4. The number of methoxy groups -OCH3 is 1. The van der Waals surface area contributed by atoms with Crippen LogP contribution in [0.5, 0.6) is 5.88 Å². The van der Waals surface area contributed by atoms with Gasteiger partial charge in [-0.05, 0) is 12.1 Å². The lowest BCUT2D eigenvalue weighted by Gasteiger charge is -2.03. The van der Waals surface area contributed by atoms with Crippen molar-refractivity contribution in [3.05, 3.63) is 47.9 Å². The summed E-state index contributed by atoms with van der Waals surface area (Å²) in [6.45, 7) is 0. The van der Waals surface area contributed by atoms with Gasteiger partial charge in [-0.3, -0.25) is 9.59 Å². The highest BCUT2D eigenvalue weighted by molar-refractivity contribution is 6.06. The van der Waals surface area contributed by atoms with E-state index in [2.05, 4.69) is 20.4 Å². The Morgan fingerprint density at radius 3 is 2.00 bits per heavy atom. The molecule has 0 aliphatic rings. The summed E-state index contributed by atoms with van der Waals surface area (Å²) in [6.07, 6.45) is 4.46. The number of anilines is 2. The van der Waals surface area contributed by atoms with Crippen LogP contribution in [-0.2, 0) is 25.9 Å². The molecule has 0 aliphatic carbocycles. The van der Waals surface area contributed by atoms with Crippen LogP contribution >= 0.6 is 0 Å². The van der Waals surface area contributed by atoms with E-state index in [1.54, 1.807) is 42.7 Å². The molecule has 2 amide bonds. The highest BCUT2D eigenvalue weighted by atomic mass is 16.5. The highest BCUT2D eigenvalue weighted by Gasteiger charge is 2.19. The average Bonchev–Trinajstić information content (AvgIpc) is 3.31. The first kappa shape index (κ1) is 19.7. The lowest BCUT2D eigenvalue weighted by atomic mass is 10.3. The molecule has 3 aromatic rings. The fourth-order valence-electron chi connectivity index (χ4n) is 2.84. The molecule has 0 unspecified atom stereocenters. The molecule has 0 fully saturated rings. The second-order valence-electron chi connectivity index (χ2n) is 6.38. The molecule has 11 heteroatoms. The molecule has 0 aliphatic heterocycles. The van der Waals surface area contributed by atoms with Crippen LogP contribution in [0.2, 0.25) is 0 Å². The number of esters is 1. The lowest BCUT2D eigenvalue weighted by molar-refractivity contribution is 0.0589. The van der Waals surface area contributed by atoms with Gasteiger partial charge in [-0.15, -0.1) is 0 Å². The van der Waals surface area contributed by atoms with Gasteiger partial charge in [0.15, 0.2) is 0 Å². The summed E-state index contributed by atoms with van der Waals surface area (Å²) in [5.74, 6) is -1.71. The smallest absolute Gasteiger partial charge is 0.354 e. The van der Waals surface area contributed by atoms with Gasteiger partial charge in [0.05, 0.1) is 24.7 Å². The summed E-state index contributed by atoms with van der Waals surface area (Å²) in [6, 6.07) is 3.00. The number of carbonyl (C=O) groups is 3. The van der Waals surface area contributed by atoms with Crippen molar-refractivity contribution in [3.63, 3.8) is 0 Å². The molecular weight excluding hydrogens is 380 g/mol. The van der Waals surface area contributed by atoms with Crippen molar-refractivity contribution in [2.75, 3.05) is 17.7 Å². The number of ether oxygens (including phenoxy) is 1. The first-order valence-corrected chi connectivity index (χ1v) is 8.45. The SMILES string of the molecule is COC(=O)c1cc(NC(=O)c2cc(NC(=O)c3nc(O)cn3C)cn2C)cn1C. The minimum Gasteiger partial charge on any atom is -0.492 e. The third-order valence-corrected chi connectivity index (χ3v) is 4.22. The molecule has 0 radical (unpaired) electrons. The fourth-order valence-corrected chi connectivity index (χ4v) is 2.84. The molecule has 3 rings (SSSR count). The van der Waals surface area contributed by atoms with Gasteiger partial charge < -0.3 is 34.2 Å². The molecule has 3 aromatic heterocycles. The van der Waals surface area contributed by atoms with Crippen molar-refractivity contribution < 1.29 is 24.2 Å². The molecule has 152 valence electrons. The monoisotopic (exact) mass is 400 g/mol. The van der Waals surface area contributed by atoms with Crippen LogP contribution in [0.15, 0.2) is 30.7 Å². The molecule has 11 nitrogen and oxygen atoms in total. The summed E-state index contributed by atoms with van der Waals surface area (Å²) in [7, 11) is 6.17. The highest BCUT2D eigenvalue weighted by Crippen LogP contribution is 2.18. The molecule has 0 saturated carbocycles. The number of carbonyl (C=O) groups excluding carboxylic acids is 3. The van der Waals surface area contributed by atoms with Crippen LogP contribution in [0, 0.1) is 0 Å². The molecular formula is C18H20N6O5. The zero-order valence-corrected chi connectivity index (χ0v) is 16.3. The molecule has 0 aromatic carbocycles. The van der Waals surface area contributed by atoms with E-state index in [9.17, 15) is 19.5 Å². The van der Waals surface area contributed by atoms with E-state index in [0.29, 0.717) is 17.1 Å². The third kappa shape index (κ3) is 3.98. The Morgan fingerprint density at radius 2 is 1.45 bits per heavy atom. The van der Waals surface area contributed by atoms with Crippen LogP contribution < -0.4 is 10.6 Å². The molecule has 3 N–H and O–H groups in total. The van der Waals surface area contributed by atoms with E-state index in [-0.39, 0.29) is 17.4 Å². The summed E-state index contributed by atoms with van der Waals surface area (Å²) >= 11 is 0. The molecule has 0 bridgehead atoms. The van der Waals surface area contributed by atoms with Crippen molar-refractivity contribution in [1.82, 2.24) is 18.7 Å². The summed E-state index contributed by atoms with van der Waals surface area (Å²) < 4.78 is 9.16. The normalized spacial score (nSPS) is 10.6. The van der Waals surface area contributed by atoms with Gasteiger partial charge in [-0.2, -0.15) is 4.98 Å². The van der Waals surface area contributed by atoms with E-state index in [4.69, 9.17) is 0 Å². The zero-order chi connectivity index (χ0) is 21.3. The number of imidazole rings is 1. The van der Waals surface area contributed by atoms with Gasteiger partial charge in [0.25, 0.3) is 11.8 Å². The Hall–Kier alpha value is -4.02. The van der Waals surface area contributed by atoms with Crippen LogP contribution in [0.25, 0.3) is 0 Å². The van der Waals surface area contributed by atoms with Crippen molar-refractivity contribution in [2.24, 2.45) is 21.1 Å². The summed E-state index contributed by atoms with van der Waals surface area (Å²) in [5.41, 5.74) is 1.38. The summed E-state index contributed by atoms with van der Waals surface area (Å²) in [5, 5.41) is 14.7. The van der Waals surface area contributed by atoms with E-state index in [0.717, 1.165) is 0 Å². The lowest BCUT2D eigenvalue weighted by Crippen LogP contribution is -2.16. The van der Waals surface area contributed by atoms with E-state index in [1.807, 2.05) is 0 Å². The van der Waals surface area contributed by atoms with E-state index >= 15 is 0 Å². The molecule has 3 heterocycles.